The number of hydrogen-bond donors (Lipinski definition) is 2. The van der Waals surface area contributed by atoms with Crippen LogP contribution < -0.4 is 15.4 Å². The summed E-state index contributed by atoms with van der Waals surface area (Å²) in [5.74, 6) is 1.69. The maximum atomic E-state index is 6.02. The van der Waals surface area contributed by atoms with E-state index in [0.717, 1.165) is 23.8 Å². The fourth-order valence-corrected chi connectivity index (χ4v) is 2.71. The highest BCUT2D eigenvalue weighted by atomic mass is 127. The number of nitrogens with one attached hydrogen (secondary N) is 2. The number of benzene rings is 1. The Labute approximate surface area is 165 Å². The van der Waals surface area contributed by atoms with Crippen molar-refractivity contribution >= 4 is 41.3 Å². The smallest absolute Gasteiger partial charge is 0.191 e. The number of halogens is 1. The average molecular weight is 459 g/mol. The molecular weight excluding hydrogens is 433 g/mol. The highest BCUT2D eigenvalue weighted by molar-refractivity contribution is 14.0. The van der Waals surface area contributed by atoms with Crippen molar-refractivity contribution in [3.8, 4) is 5.75 Å². The molecular formula is C18H26IN3OS. The Morgan fingerprint density at radius 2 is 1.79 bits per heavy atom. The van der Waals surface area contributed by atoms with Crippen molar-refractivity contribution in [2.75, 3.05) is 7.05 Å². The molecule has 0 radical (unpaired) electrons. The van der Waals surface area contributed by atoms with E-state index in [2.05, 4.69) is 60.0 Å². The van der Waals surface area contributed by atoms with Crippen LogP contribution in [0.1, 0.15) is 31.2 Å². The second-order valence-electron chi connectivity index (χ2n) is 6.18. The maximum absolute atomic E-state index is 6.02. The molecule has 1 heterocycles. The number of thiophene rings is 1. The summed E-state index contributed by atoms with van der Waals surface area (Å²) in [5, 5.41) is 8.73. The zero-order valence-corrected chi connectivity index (χ0v) is 17.8. The minimum atomic E-state index is -0.213. The van der Waals surface area contributed by atoms with E-state index >= 15 is 0 Å². The van der Waals surface area contributed by atoms with Gasteiger partial charge in [0.2, 0.25) is 0 Å². The normalized spacial score (nSPS) is 11.6. The Morgan fingerprint density at radius 1 is 1.08 bits per heavy atom. The molecule has 0 spiro atoms. The van der Waals surface area contributed by atoms with Crippen LogP contribution in [0.5, 0.6) is 5.75 Å². The number of para-hydroxylation sites is 1. The standard InChI is InChI=1S/C18H25N3OS.HI/c1-18(2,3)22-16-10-6-5-8-14(16)12-20-17(19-4)21-13-15-9-7-11-23-15;/h5-11H,12-13H2,1-4H3,(H2,19,20,21);1H. The first kappa shape index (κ1) is 20.8. The van der Waals surface area contributed by atoms with Crippen molar-refractivity contribution in [3.05, 3.63) is 52.2 Å². The van der Waals surface area contributed by atoms with Crippen molar-refractivity contribution in [2.24, 2.45) is 4.99 Å². The number of ether oxygens (including phenoxy) is 1. The van der Waals surface area contributed by atoms with Gasteiger partial charge in [0.1, 0.15) is 11.4 Å². The van der Waals surface area contributed by atoms with Gasteiger partial charge >= 0.3 is 0 Å². The van der Waals surface area contributed by atoms with Crippen molar-refractivity contribution in [3.63, 3.8) is 0 Å². The van der Waals surface area contributed by atoms with Crippen LogP contribution in [0.25, 0.3) is 0 Å². The predicted octanol–water partition coefficient (Wildman–Crippen LogP) is 4.41. The molecule has 0 fully saturated rings. The lowest BCUT2D eigenvalue weighted by molar-refractivity contribution is 0.129. The molecule has 0 saturated heterocycles. The molecule has 132 valence electrons. The summed E-state index contributed by atoms with van der Waals surface area (Å²) in [6.45, 7) is 7.60. The monoisotopic (exact) mass is 459 g/mol. The predicted molar refractivity (Wildman–Crippen MR) is 114 cm³/mol. The quantitative estimate of drug-likeness (QED) is 0.396. The van der Waals surface area contributed by atoms with Crippen LogP contribution in [0, 0.1) is 0 Å². The third kappa shape index (κ3) is 7.09. The summed E-state index contributed by atoms with van der Waals surface area (Å²) in [6.07, 6.45) is 0. The van der Waals surface area contributed by atoms with Gasteiger partial charge in [-0.3, -0.25) is 4.99 Å². The molecule has 2 rings (SSSR count). The fraction of sp³-hybridized carbons (Fsp3) is 0.389. The molecule has 0 aliphatic rings. The van der Waals surface area contributed by atoms with Crippen LogP contribution in [-0.2, 0) is 13.1 Å². The van der Waals surface area contributed by atoms with Gasteiger partial charge in [-0.15, -0.1) is 35.3 Å². The number of hydrogen-bond acceptors (Lipinski definition) is 3. The Balaban J connectivity index is 0.00000288. The summed E-state index contributed by atoms with van der Waals surface area (Å²) in [6, 6.07) is 12.3. The van der Waals surface area contributed by atoms with Gasteiger partial charge in [-0.05, 0) is 38.3 Å². The number of guanidine groups is 1. The SMILES string of the molecule is CN=C(NCc1cccs1)NCc1ccccc1OC(C)(C)C.I. The molecule has 2 N–H and O–H groups in total. The fourth-order valence-electron chi connectivity index (χ4n) is 2.06. The summed E-state index contributed by atoms with van der Waals surface area (Å²) < 4.78 is 6.02. The molecule has 0 aliphatic carbocycles. The molecule has 24 heavy (non-hydrogen) atoms. The van der Waals surface area contributed by atoms with Gasteiger partial charge in [0.25, 0.3) is 0 Å². The molecule has 1 aromatic heterocycles. The third-order valence-corrected chi connectivity index (χ3v) is 3.95. The molecule has 0 aliphatic heterocycles. The minimum absolute atomic E-state index is 0. The van der Waals surface area contributed by atoms with Gasteiger partial charge < -0.3 is 15.4 Å². The average Bonchev–Trinajstić information content (AvgIpc) is 3.01. The zero-order valence-electron chi connectivity index (χ0n) is 14.6. The summed E-state index contributed by atoms with van der Waals surface area (Å²) >= 11 is 1.73. The van der Waals surface area contributed by atoms with Crippen molar-refractivity contribution in [1.29, 1.82) is 0 Å². The van der Waals surface area contributed by atoms with E-state index in [9.17, 15) is 0 Å². The van der Waals surface area contributed by atoms with E-state index < -0.39 is 0 Å². The van der Waals surface area contributed by atoms with E-state index in [1.165, 1.54) is 4.88 Å². The number of aliphatic imine (C=N–C) groups is 1. The van der Waals surface area contributed by atoms with Crippen molar-refractivity contribution in [1.82, 2.24) is 10.6 Å². The lowest BCUT2D eigenvalue weighted by atomic mass is 10.1. The second kappa shape index (κ2) is 9.88. The lowest BCUT2D eigenvalue weighted by Crippen LogP contribution is -2.36. The molecule has 0 saturated carbocycles. The molecule has 6 heteroatoms. The summed E-state index contributed by atoms with van der Waals surface area (Å²) in [4.78, 5) is 5.55. The van der Waals surface area contributed by atoms with E-state index in [1.54, 1.807) is 18.4 Å². The largest absolute Gasteiger partial charge is 0.488 e. The van der Waals surface area contributed by atoms with E-state index in [1.807, 2.05) is 18.2 Å². The van der Waals surface area contributed by atoms with Crippen molar-refractivity contribution < 1.29 is 4.74 Å². The van der Waals surface area contributed by atoms with Gasteiger partial charge in [0, 0.05) is 24.0 Å². The first-order chi connectivity index (χ1) is 11.0. The molecule has 0 atom stereocenters. The molecule has 0 amide bonds. The van der Waals surface area contributed by atoms with E-state index in [-0.39, 0.29) is 29.6 Å². The lowest BCUT2D eigenvalue weighted by Gasteiger charge is -2.23. The molecule has 4 nitrogen and oxygen atoms in total. The number of nitrogens with zero attached hydrogens (tertiary/aromatic N) is 1. The van der Waals surface area contributed by atoms with Crippen LogP contribution in [0.3, 0.4) is 0 Å². The van der Waals surface area contributed by atoms with Gasteiger partial charge in [-0.25, -0.2) is 0 Å². The summed E-state index contributed by atoms with van der Waals surface area (Å²) in [5.41, 5.74) is 0.899. The molecule has 0 unspecified atom stereocenters. The Morgan fingerprint density at radius 3 is 2.42 bits per heavy atom. The summed E-state index contributed by atoms with van der Waals surface area (Å²) in [7, 11) is 1.78. The first-order valence-electron chi connectivity index (χ1n) is 7.72. The highest BCUT2D eigenvalue weighted by Gasteiger charge is 2.14. The first-order valence-corrected chi connectivity index (χ1v) is 8.60. The number of rotatable bonds is 5. The van der Waals surface area contributed by atoms with Crippen LogP contribution in [0.2, 0.25) is 0 Å². The molecule has 2 aromatic rings. The van der Waals surface area contributed by atoms with Gasteiger partial charge in [0.15, 0.2) is 5.96 Å². The third-order valence-electron chi connectivity index (χ3n) is 3.07. The van der Waals surface area contributed by atoms with Gasteiger partial charge in [-0.1, -0.05) is 24.3 Å². The van der Waals surface area contributed by atoms with Crippen LogP contribution in [0.4, 0.5) is 0 Å². The van der Waals surface area contributed by atoms with Crippen LogP contribution in [-0.4, -0.2) is 18.6 Å². The second-order valence-corrected chi connectivity index (χ2v) is 7.21. The molecule has 1 aromatic carbocycles. The van der Waals surface area contributed by atoms with E-state index in [4.69, 9.17) is 4.74 Å². The van der Waals surface area contributed by atoms with Gasteiger partial charge in [0.05, 0.1) is 6.54 Å². The Bertz CT molecular complexity index is 636. The van der Waals surface area contributed by atoms with E-state index in [0.29, 0.717) is 6.54 Å². The highest BCUT2D eigenvalue weighted by Crippen LogP contribution is 2.22. The Kier molecular flexibility index (Phi) is 8.55. The van der Waals surface area contributed by atoms with Crippen molar-refractivity contribution in [2.45, 2.75) is 39.5 Å². The van der Waals surface area contributed by atoms with Crippen LogP contribution in [0.15, 0.2) is 46.8 Å². The topological polar surface area (TPSA) is 45.7 Å². The Hall–Kier alpha value is -1.28. The molecule has 0 bridgehead atoms. The maximum Gasteiger partial charge on any atom is 0.191 e. The zero-order chi connectivity index (χ0) is 16.7. The minimum Gasteiger partial charge on any atom is -0.488 e. The van der Waals surface area contributed by atoms with Crippen LogP contribution >= 0.6 is 35.3 Å². The van der Waals surface area contributed by atoms with Gasteiger partial charge in [-0.2, -0.15) is 0 Å².